The SMILES string of the molecule is COc1cccc(/C(C)=N/Nc2nnc(SCC(=O)Nc3cccc(Cl)c3)n2N)c1. The van der Waals surface area contributed by atoms with Gasteiger partial charge in [-0.15, -0.1) is 10.2 Å². The molecule has 0 spiro atoms. The summed E-state index contributed by atoms with van der Waals surface area (Å²) in [6.45, 7) is 1.84. The number of methoxy groups -OCH3 is 1. The van der Waals surface area contributed by atoms with Crippen molar-refractivity contribution in [1.29, 1.82) is 0 Å². The first kappa shape index (κ1) is 21.5. The van der Waals surface area contributed by atoms with E-state index in [9.17, 15) is 4.79 Å². The van der Waals surface area contributed by atoms with Crippen LogP contribution in [0.2, 0.25) is 5.02 Å². The summed E-state index contributed by atoms with van der Waals surface area (Å²) < 4.78 is 6.45. The second-order valence-corrected chi connectivity index (χ2v) is 7.44. The third-order valence-corrected chi connectivity index (χ3v) is 5.09. The molecule has 0 saturated heterocycles. The Labute approximate surface area is 182 Å². The Morgan fingerprint density at radius 3 is 2.83 bits per heavy atom. The van der Waals surface area contributed by atoms with Gasteiger partial charge in [0.15, 0.2) is 0 Å². The van der Waals surface area contributed by atoms with Gasteiger partial charge in [-0.2, -0.15) is 5.10 Å². The van der Waals surface area contributed by atoms with Crippen molar-refractivity contribution in [2.24, 2.45) is 5.10 Å². The standard InChI is InChI=1S/C19H20ClN7O2S/c1-12(13-5-3-8-16(9-13)29-2)23-24-18-25-26-19(27(18)21)30-11-17(28)22-15-7-4-6-14(20)10-15/h3-10H,11,21H2,1-2H3,(H,22,28)(H,24,25)/b23-12+. The number of hydrogen-bond donors (Lipinski definition) is 3. The second kappa shape index (κ2) is 9.99. The lowest BCUT2D eigenvalue weighted by Gasteiger charge is -2.06. The van der Waals surface area contributed by atoms with Gasteiger partial charge in [0.2, 0.25) is 11.1 Å². The van der Waals surface area contributed by atoms with Gasteiger partial charge < -0.3 is 15.9 Å². The molecule has 3 rings (SSSR count). The first-order valence-electron chi connectivity index (χ1n) is 8.79. The fraction of sp³-hybridized carbons (Fsp3) is 0.158. The lowest BCUT2D eigenvalue weighted by Crippen LogP contribution is -2.17. The molecule has 0 fully saturated rings. The van der Waals surface area contributed by atoms with Crippen LogP contribution in [0.5, 0.6) is 5.75 Å². The number of nitrogens with one attached hydrogen (secondary N) is 2. The number of amides is 1. The van der Waals surface area contributed by atoms with Crippen LogP contribution in [0.1, 0.15) is 12.5 Å². The zero-order valence-corrected chi connectivity index (χ0v) is 17.9. The van der Waals surface area contributed by atoms with E-state index < -0.39 is 0 Å². The van der Waals surface area contributed by atoms with Gasteiger partial charge in [-0.1, -0.05) is 41.6 Å². The molecule has 0 aliphatic carbocycles. The van der Waals surface area contributed by atoms with E-state index in [2.05, 4.69) is 26.0 Å². The molecule has 2 aromatic carbocycles. The quantitative estimate of drug-likeness (QED) is 0.211. The Hall–Kier alpha value is -3.24. The van der Waals surface area contributed by atoms with Crippen LogP contribution in [-0.4, -0.2) is 39.4 Å². The van der Waals surface area contributed by atoms with Crippen LogP contribution in [-0.2, 0) is 4.79 Å². The number of halogens is 1. The Morgan fingerprint density at radius 2 is 2.07 bits per heavy atom. The molecular formula is C19H20ClN7O2S. The smallest absolute Gasteiger partial charge is 0.264 e. The zero-order chi connectivity index (χ0) is 21.5. The number of anilines is 2. The Balaban J connectivity index is 1.58. The number of nitrogens with zero attached hydrogens (tertiary/aromatic N) is 4. The molecule has 30 heavy (non-hydrogen) atoms. The van der Waals surface area contributed by atoms with Crippen molar-refractivity contribution in [3.05, 3.63) is 59.1 Å². The van der Waals surface area contributed by atoms with E-state index in [1.807, 2.05) is 31.2 Å². The first-order valence-corrected chi connectivity index (χ1v) is 10.2. The van der Waals surface area contributed by atoms with E-state index in [1.54, 1.807) is 31.4 Å². The van der Waals surface area contributed by atoms with E-state index in [-0.39, 0.29) is 17.6 Å². The van der Waals surface area contributed by atoms with Crippen LogP contribution in [0.4, 0.5) is 11.6 Å². The molecule has 0 unspecified atom stereocenters. The fourth-order valence-electron chi connectivity index (χ4n) is 2.39. The van der Waals surface area contributed by atoms with Gasteiger partial charge in [0, 0.05) is 16.3 Å². The van der Waals surface area contributed by atoms with Crippen molar-refractivity contribution in [2.45, 2.75) is 12.1 Å². The number of hydrazone groups is 1. The predicted octanol–water partition coefficient (Wildman–Crippen LogP) is 3.22. The molecule has 9 nitrogen and oxygen atoms in total. The minimum absolute atomic E-state index is 0.105. The molecule has 1 heterocycles. The average molecular weight is 446 g/mol. The molecule has 156 valence electrons. The number of rotatable bonds is 8. The van der Waals surface area contributed by atoms with E-state index in [4.69, 9.17) is 22.2 Å². The predicted molar refractivity (Wildman–Crippen MR) is 120 cm³/mol. The van der Waals surface area contributed by atoms with E-state index in [0.717, 1.165) is 23.1 Å². The number of carbonyl (C=O) groups excluding carboxylic acids is 1. The summed E-state index contributed by atoms with van der Waals surface area (Å²) in [5.41, 5.74) is 5.00. The molecule has 0 atom stereocenters. The van der Waals surface area contributed by atoms with Gasteiger partial charge in [0.25, 0.3) is 5.95 Å². The molecule has 0 aliphatic heterocycles. The summed E-state index contributed by atoms with van der Waals surface area (Å²) in [4.78, 5) is 12.1. The Morgan fingerprint density at radius 1 is 1.27 bits per heavy atom. The molecule has 0 saturated carbocycles. The number of hydrogen-bond acceptors (Lipinski definition) is 8. The maximum absolute atomic E-state index is 12.1. The maximum atomic E-state index is 12.1. The van der Waals surface area contributed by atoms with Crippen molar-refractivity contribution >= 4 is 46.6 Å². The average Bonchev–Trinajstić information content (AvgIpc) is 3.10. The highest BCUT2D eigenvalue weighted by Gasteiger charge is 2.12. The van der Waals surface area contributed by atoms with E-state index in [1.165, 1.54) is 4.68 Å². The fourth-order valence-corrected chi connectivity index (χ4v) is 3.24. The van der Waals surface area contributed by atoms with Gasteiger partial charge in [-0.05, 0) is 37.3 Å². The number of thioether (sulfide) groups is 1. The van der Waals surface area contributed by atoms with Crippen LogP contribution in [0, 0.1) is 0 Å². The molecule has 0 aliphatic rings. The second-order valence-electron chi connectivity index (χ2n) is 6.06. The highest BCUT2D eigenvalue weighted by molar-refractivity contribution is 7.99. The van der Waals surface area contributed by atoms with Gasteiger partial charge >= 0.3 is 0 Å². The molecular weight excluding hydrogens is 426 g/mol. The highest BCUT2D eigenvalue weighted by atomic mass is 35.5. The number of nitrogens with two attached hydrogens (primary N) is 1. The number of carbonyl (C=O) groups is 1. The van der Waals surface area contributed by atoms with Crippen LogP contribution < -0.4 is 21.3 Å². The van der Waals surface area contributed by atoms with Gasteiger partial charge in [-0.3, -0.25) is 4.79 Å². The number of nitrogen functional groups attached to an aromatic ring is 1. The van der Waals surface area contributed by atoms with Crippen LogP contribution in [0.3, 0.4) is 0 Å². The summed E-state index contributed by atoms with van der Waals surface area (Å²) >= 11 is 7.06. The summed E-state index contributed by atoms with van der Waals surface area (Å²) in [5, 5.41) is 15.9. The summed E-state index contributed by atoms with van der Waals surface area (Å²) in [5.74, 6) is 6.87. The van der Waals surface area contributed by atoms with E-state index in [0.29, 0.717) is 21.6 Å². The zero-order valence-electron chi connectivity index (χ0n) is 16.3. The minimum Gasteiger partial charge on any atom is -0.497 e. The van der Waals surface area contributed by atoms with Gasteiger partial charge in [0.1, 0.15) is 5.75 Å². The van der Waals surface area contributed by atoms with Crippen molar-refractivity contribution in [3.8, 4) is 5.75 Å². The molecule has 0 radical (unpaired) electrons. The first-order chi connectivity index (χ1) is 14.5. The summed E-state index contributed by atoms with van der Waals surface area (Å²) in [7, 11) is 1.61. The maximum Gasteiger partial charge on any atom is 0.264 e. The summed E-state index contributed by atoms with van der Waals surface area (Å²) in [6.07, 6.45) is 0. The number of aromatic nitrogens is 3. The normalized spacial score (nSPS) is 11.2. The monoisotopic (exact) mass is 445 g/mol. The molecule has 1 amide bonds. The van der Waals surface area contributed by atoms with Crippen molar-refractivity contribution in [2.75, 3.05) is 29.4 Å². The molecule has 1 aromatic heterocycles. The Bertz CT molecular complexity index is 1070. The minimum atomic E-state index is -0.216. The number of benzene rings is 2. The van der Waals surface area contributed by atoms with Crippen LogP contribution >= 0.6 is 23.4 Å². The van der Waals surface area contributed by atoms with Gasteiger partial charge in [-0.25, -0.2) is 10.1 Å². The van der Waals surface area contributed by atoms with Gasteiger partial charge in [0.05, 0.1) is 18.6 Å². The van der Waals surface area contributed by atoms with E-state index >= 15 is 0 Å². The lowest BCUT2D eigenvalue weighted by atomic mass is 10.1. The number of ether oxygens (including phenoxy) is 1. The third kappa shape index (κ3) is 5.65. The Kier molecular flexibility index (Phi) is 7.15. The van der Waals surface area contributed by atoms with Crippen molar-refractivity contribution in [1.82, 2.24) is 14.9 Å². The molecule has 11 heteroatoms. The molecule has 4 N–H and O–H groups in total. The molecule has 3 aromatic rings. The largest absolute Gasteiger partial charge is 0.497 e. The van der Waals surface area contributed by atoms with Crippen LogP contribution in [0.25, 0.3) is 0 Å². The third-order valence-electron chi connectivity index (χ3n) is 3.92. The highest BCUT2D eigenvalue weighted by Crippen LogP contribution is 2.19. The molecule has 0 bridgehead atoms. The van der Waals surface area contributed by atoms with Crippen LogP contribution in [0.15, 0.2) is 58.8 Å². The van der Waals surface area contributed by atoms with Crippen molar-refractivity contribution in [3.63, 3.8) is 0 Å². The summed E-state index contributed by atoms with van der Waals surface area (Å²) in [6, 6.07) is 14.4. The topological polar surface area (TPSA) is 119 Å². The van der Waals surface area contributed by atoms with Crippen molar-refractivity contribution < 1.29 is 9.53 Å². The lowest BCUT2D eigenvalue weighted by molar-refractivity contribution is -0.113.